The molecular weight excluding hydrogens is 1140 g/mol. The number of urea groups is 2. The molecule has 16 nitrogen and oxygen atoms in total. The Labute approximate surface area is 532 Å². The number of anilines is 4. The summed E-state index contributed by atoms with van der Waals surface area (Å²) < 4.78 is 16.5. The molecule has 0 radical (unpaired) electrons. The van der Waals surface area contributed by atoms with E-state index in [9.17, 15) is 19.2 Å². The summed E-state index contributed by atoms with van der Waals surface area (Å²) in [5, 5.41) is 19.7. The predicted octanol–water partition coefficient (Wildman–Crippen LogP) is 16.6. The lowest BCUT2D eigenvalue weighted by Gasteiger charge is -2.26. The molecule has 0 aliphatic carbocycles. The van der Waals surface area contributed by atoms with E-state index in [4.69, 9.17) is 9.47 Å². The predicted molar refractivity (Wildman–Crippen MR) is 366 cm³/mol. The van der Waals surface area contributed by atoms with Crippen LogP contribution < -0.4 is 41.4 Å². The van der Waals surface area contributed by atoms with E-state index in [1.807, 2.05) is 113 Å². The van der Waals surface area contributed by atoms with E-state index in [1.54, 1.807) is 60.7 Å². The Kier molecular flexibility index (Phi) is 19.9. The maximum absolute atomic E-state index is 13.1. The molecule has 8 aromatic carbocycles. The topological polar surface area (TPSA) is 175 Å². The second-order valence-electron chi connectivity index (χ2n) is 24.0. The Bertz CT molecular complexity index is 4130. The number of fused-ring (bicyclic) bond motifs is 2. The minimum atomic E-state index is -0.251. The second-order valence-corrected chi connectivity index (χ2v) is 24.0. The highest BCUT2D eigenvalue weighted by molar-refractivity contribution is 6.05. The van der Waals surface area contributed by atoms with Crippen molar-refractivity contribution in [3.8, 4) is 34.4 Å². The summed E-state index contributed by atoms with van der Waals surface area (Å²) in [6.07, 6.45) is 6.41. The maximum Gasteiger partial charge on any atom is 0.319 e. The number of likely N-dealkylation sites (tertiary alicyclic amines) is 2. The summed E-state index contributed by atoms with van der Waals surface area (Å²) in [7, 11) is 0. The van der Waals surface area contributed by atoms with Gasteiger partial charge in [0.05, 0.1) is 11.0 Å². The number of nitrogens with zero attached hydrogens (tertiary/aromatic N) is 4. The van der Waals surface area contributed by atoms with Crippen LogP contribution in [0.4, 0.5) is 32.3 Å². The van der Waals surface area contributed by atoms with E-state index in [2.05, 4.69) is 113 Å². The van der Waals surface area contributed by atoms with Crippen molar-refractivity contribution < 1.29 is 28.7 Å². The molecule has 2 aliphatic heterocycles. The molecule has 2 fully saturated rings. The molecule has 2 aromatic heterocycles. The number of hydrogen-bond acceptors (Lipinski definition) is 8. The average molecular weight is 1220 g/mol. The summed E-state index contributed by atoms with van der Waals surface area (Å²) in [6.45, 7) is 18.6. The van der Waals surface area contributed by atoms with Gasteiger partial charge in [-0.2, -0.15) is 0 Å². The average Bonchev–Trinajstić information content (AvgIpc) is 1.63. The standard InChI is InChI=1S/C38H41N5O3.C37H39N5O3/c1-26(2)39-38(45)41-30-15-21-33(22-16-30)46-32-19-13-29(14-20-32)40-37(44)28-11-17-31(18-12-28)43-27(3)35(25-42-23-7-4-8-24-42)34-9-5-6-10-36(34)43;1-25(2)38-37(44)40-29-14-20-32(21-15-29)45-31-18-12-28(13-19-31)39-36(43)27-10-16-30(17-11-27)42-26(3)34(24-41-22-6-7-23-41)33-8-4-5-9-35(33)42/h5-6,9-22,26H,4,7-8,23-25H2,1-3H3,(H,40,44)(H2,39,41,45);4-5,8-21,25H,6-7,22-24H2,1-3H3,(H,39,43)(H2,38,40,44). The number of hydrogen-bond donors (Lipinski definition) is 6. The first-order valence-corrected chi connectivity index (χ1v) is 31.5. The van der Waals surface area contributed by atoms with E-state index >= 15 is 0 Å². The van der Waals surface area contributed by atoms with Gasteiger partial charge < -0.3 is 50.5 Å². The highest BCUT2D eigenvalue weighted by Gasteiger charge is 2.22. The number of piperidine rings is 1. The molecule has 16 heteroatoms. The van der Waals surface area contributed by atoms with Crippen LogP contribution >= 0.6 is 0 Å². The molecule has 0 bridgehead atoms. The van der Waals surface area contributed by atoms with Crippen LogP contribution in [0.3, 0.4) is 0 Å². The number of carbonyl (C=O) groups is 4. The lowest BCUT2D eigenvalue weighted by atomic mass is 10.1. The van der Waals surface area contributed by atoms with Gasteiger partial charge in [0, 0.05) is 92.6 Å². The Hall–Kier alpha value is -10.2. The lowest BCUT2D eigenvalue weighted by Crippen LogP contribution is -2.34. The number of benzene rings is 8. The molecule has 0 saturated carbocycles. The zero-order chi connectivity index (χ0) is 63.4. The fraction of sp³-hybridized carbons (Fsp3) is 0.253. The first-order valence-electron chi connectivity index (χ1n) is 31.5. The first-order chi connectivity index (χ1) is 44.2. The molecule has 466 valence electrons. The first kappa shape index (κ1) is 62.4. The van der Waals surface area contributed by atoms with Crippen molar-refractivity contribution in [2.24, 2.45) is 0 Å². The van der Waals surface area contributed by atoms with Crippen molar-refractivity contribution in [2.45, 2.75) is 98.8 Å². The van der Waals surface area contributed by atoms with E-state index < -0.39 is 0 Å². The van der Waals surface area contributed by atoms with Gasteiger partial charge in [0.2, 0.25) is 0 Å². The second kappa shape index (κ2) is 29.0. The van der Waals surface area contributed by atoms with E-state index in [-0.39, 0.29) is 36.0 Å². The number of nitrogens with one attached hydrogen (secondary N) is 6. The van der Waals surface area contributed by atoms with Crippen molar-refractivity contribution in [1.29, 1.82) is 0 Å². The van der Waals surface area contributed by atoms with Gasteiger partial charge in [0.25, 0.3) is 11.8 Å². The van der Waals surface area contributed by atoms with Crippen LogP contribution in [-0.4, -0.2) is 81.1 Å². The zero-order valence-electron chi connectivity index (χ0n) is 52.6. The van der Waals surface area contributed by atoms with Crippen LogP contribution in [0.1, 0.15) is 103 Å². The van der Waals surface area contributed by atoms with E-state index in [0.29, 0.717) is 56.9 Å². The Morgan fingerprint density at radius 3 is 1.02 bits per heavy atom. The molecule has 0 atom stereocenters. The van der Waals surface area contributed by atoms with Crippen LogP contribution in [0, 0.1) is 13.8 Å². The van der Waals surface area contributed by atoms with Crippen LogP contribution in [0.5, 0.6) is 23.0 Å². The summed E-state index contributed by atoms with van der Waals surface area (Å²) in [6, 6.07) is 61.1. The highest BCUT2D eigenvalue weighted by atomic mass is 16.5. The molecule has 4 heterocycles. The molecule has 12 rings (SSSR count). The van der Waals surface area contributed by atoms with Crippen molar-refractivity contribution in [2.75, 3.05) is 47.4 Å². The van der Waals surface area contributed by atoms with Gasteiger partial charge in [-0.1, -0.05) is 42.8 Å². The monoisotopic (exact) mass is 1220 g/mol. The number of carbonyl (C=O) groups excluding carboxylic acids is 4. The molecular formula is C75H80N10O6. The Morgan fingerprint density at radius 2 is 0.692 bits per heavy atom. The zero-order valence-corrected chi connectivity index (χ0v) is 52.6. The highest BCUT2D eigenvalue weighted by Crippen LogP contribution is 2.34. The van der Waals surface area contributed by atoms with Crippen LogP contribution in [0.2, 0.25) is 0 Å². The van der Waals surface area contributed by atoms with Gasteiger partial charge in [-0.15, -0.1) is 0 Å². The van der Waals surface area contributed by atoms with Crippen molar-refractivity contribution in [3.63, 3.8) is 0 Å². The van der Waals surface area contributed by atoms with Gasteiger partial charge in [0.1, 0.15) is 23.0 Å². The molecule has 6 N–H and O–H groups in total. The molecule has 0 spiro atoms. The number of amides is 6. The molecule has 2 saturated heterocycles. The third kappa shape index (κ3) is 15.8. The molecule has 6 amide bonds. The van der Waals surface area contributed by atoms with Crippen molar-refractivity contribution >= 4 is 68.4 Å². The molecule has 2 aliphatic rings. The summed E-state index contributed by atoms with van der Waals surface area (Å²) in [5.74, 6) is 2.18. The van der Waals surface area contributed by atoms with Crippen molar-refractivity contribution in [1.82, 2.24) is 29.6 Å². The van der Waals surface area contributed by atoms with Crippen LogP contribution in [-0.2, 0) is 13.1 Å². The minimum absolute atomic E-state index is 0.0549. The normalized spacial score (nSPS) is 13.4. The lowest BCUT2D eigenvalue weighted by molar-refractivity contribution is 0.101. The van der Waals surface area contributed by atoms with Gasteiger partial charge in [0.15, 0.2) is 0 Å². The Morgan fingerprint density at radius 1 is 0.385 bits per heavy atom. The summed E-state index contributed by atoms with van der Waals surface area (Å²) in [4.78, 5) is 55.1. The van der Waals surface area contributed by atoms with Crippen molar-refractivity contribution in [3.05, 3.63) is 228 Å². The SMILES string of the molecule is Cc1c(CN2CCCC2)c2ccccc2n1-c1ccc(C(=O)Nc2ccc(Oc3ccc(NC(=O)NC(C)C)cc3)cc2)cc1.Cc1c(CN2CCCCC2)c2ccccc2n1-c1ccc(C(=O)Nc2ccc(Oc3ccc(NC(=O)NC(C)C)cc3)cc2)cc1. The van der Waals surface area contributed by atoms with E-state index in [1.165, 1.54) is 76.4 Å². The van der Waals surface area contributed by atoms with Gasteiger partial charge in [-0.3, -0.25) is 19.4 Å². The summed E-state index contributed by atoms with van der Waals surface area (Å²) in [5.41, 5.74) is 13.6. The smallest absolute Gasteiger partial charge is 0.319 e. The fourth-order valence-corrected chi connectivity index (χ4v) is 11.9. The third-order valence-electron chi connectivity index (χ3n) is 16.4. The minimum Gasteiger partial charge on any atom is -0.457 e. The third-order valence-corrected chi connectivity index (χ3v) is 16.4. The number of aromatic nitrogens is 2. The molecule has 91 heavy (non-hydrogen) atoms. The fourth-order valence-electron chi connectivity index (χ4n) is 11.9. The molecule has 10 aromatic rings. The van der Waals surface area contributed by atoms with Gasteiger partial charge in [-0.25, -0.2) is 9.59 Å². The number of rotatable bonds is 18. The maximum atomic E-state index is 13.1. The molecule has 0 unspecified atom stereocenters. The number of ether oxygens (including phenoxy) is 2. The largest absolute Gasteiger partial charge is 0.457 e. The van der Waals surface area contributed by atoms with E-state index in [0.717, 1.165) is 50.6 Å². The van der Waals surface area contributed by atoms with Crippen LogP contribution in [0.25, 0.3) is 33.2 Å². The Balaban J connectivity index is 0.000000187. The summed E-state index contributed by atoms with van der Waals surface area (Å²) >= 11 is 0. The van der Waals surface area contributed by atoms with Gasteiger partial charge in [-0.05, 0) is 262 Å². The number of para-hydroxylation sites is 2. The van der Waals surface area contributed by atoms with Gasteiger partial charge >= 0.3 is 12.1 Å². The quantitative estimate of drug-likeness (QED) is 0.0492. The van der Waals surface area contributed by atoms with Crippen LogP contribution in [0.15, 0.2) is 194 Å².